The molecule has 0 saturated carbocycles. The molecule has 0 radical (unpaired) electrons. The summed E-state index contributed by atoms with van der Waals surface area (Å²) < 4.78 is 92.3. The van der Waals surface area contributed by atoms with Gasteiger partial charge in [-0.05, 0) is 30.7 Å². The van der Waals surface area contributed by atoms with Crippen LogP contribution in [0, 0.1) is 23.3 Å². The summed E-state index contributed by atoms with van der Waals surface area (Å²) in [7, 11) is 0. The van der Waals surface area contributed by atoms with Gasteiger partial charge in [-0.2, -0.15) is 0 Å². The lowest BCUT2D eigenvalue weighted by atomic mass is 9.98. The van der Waals surface area contributed by atoms with Gasteiger partial charge >= 0.3 is 0 Å². The van der Waals surface area contributed by atoms with E-state index in [-0.39, 0.29) is 23.6 Å². The SMILES string of the molecule is O=C(NN1CCOC2=C1C=CCC2)c1cnc2c(-c3cc(F)cc(F)c3F)c(F)ccc2c1N1C[C@@H](F)[C@@H](F)C1.[HH]. The summed E-state index contributed by atoms with van der Waals surface area (Å²) in [5.41, 5.74) is 1.90. The molecule has 1 fully saturated rings. The number of allylic oxidation sites excluding steroid dienone is 3. The summed E-state index contributed by atoms with van der Waals surface area (Å²) in [6, 6.07) is 3.11. The van der Waals surface area contributed by atoms with Crippen LogP contribution in [0.1, 0.15) is 24.6 Å². The summed E-state index contributed by atoms with van der Waals surface area (Å²) in [5.74, 6) is -5.14. The zero-order valence-corrected chi connectivity index (χ0v) is 20.9. The lowest BCUT2D eigenvalue weighted by molar-refractivity contribution is 0.0690. The molecule has 40 heavy (non-hydrogen) atoms. The molecule has 2 aromatic carbocycles. The van der Waals surface area contributed by atoms with Crippen LogP contribution in [0.15, 0.2) is 54.1 Å². The van der Waals surface area contributed by atoms with Crippen LogP contribution in [0.2, 0.25) is 0 Å². The van der Waals surface area contributed by atoms with Gasteiger partial charge in [0.1, 0.15) is 24.0 Å². The number of fused-ring (bicyclic) bond motifs is 1. The number of hydrogen-bond acceptors (Lipinski definition) is 5. The first kappa shape index (κ1) is 26.0. The minimum Gasteiger partial charge on any atom is -0.494 e. The third-order valence-electron chi connectivity index (χ3n) is 7.18. The van der Waals surface area contributed by atoms with E-state index >= 15 is 4.39 Å². The van der Waals surface area contributed by atoms with E-state index in [0.29, 0.717) is 37.4 Å². The number of halogens is 6. The van der Waals surface area contributed by atoms with Crippen LogP contribution in [0.25, 0.3) is 22.0 Å². The van der Waals surface area contributed by atoms with Crippen molar-refractivity contribution in [1.29, 1.82) is 0 Å². The Bertz CT molecular complexity index is 1590. The fraction of sp³-hybridized carbons (Fsp3) is 0.286. The molecule has 1 aliphatic carbocycles. The van der Waals surface area contributed by atoms with Crippen molar-refractivity contribution in [1.82, 2.24) is 15.4 Å². The standard InChI is InChI=1S/C28H22F6N4O2.H2/c29-14-9-16(25(34)19(31)10-14)24-18(30)6-5-15-26(24)35-11-17(27(15)37-12-20(32)21(33)13-37)28(39)36-38-7-8-40-23-4-2-1-3-22(23)38;/h1,3,5-6,9-11,20-21H,2,4,7-8,12-13H2,(H,36,39);1H/t20-,21+;. The topological polar surface area (TPSA) is 57.7 Å². The molecular formula is C28H24F6N4O2. The average Bonchev–Trinajstić information content (AvgIpc) is 3.27. The Morgan fingerprint density at radius 3 is 2.62 bits per heavy atom. The van der Waals surface area contributed by atoms with Gasteiger partial charge < -0.3 is 9.64 Å². The third-order valence-corrected chi connectivity index (χ3v) is 7.18. The molecule has 3 aromatic rings. The number of anilines is 1. The second kappa shape index (κ2) is 10.1. The van der Waals surface area contributed by atoms with Gasteiger partial charge in [0.05, 0.1) is 42.1 Å². The minimum absolute atomic E-state index is 0. The zero-order chi connectivity index (χ0) is 28.1. The highest BCUT2D eigenvalue weighted by Gasteiger charge is 2.36. The van der Waals surface area contributed by atoms with E-state index in [0.717, 1.165) is 24.4 Å². The number of aromatic nitrogens is 1. The van der Waals surface area contributed by atoms with E-state index in [1.54, 1.807) is 5.01 Å². The van der Waals surface area contributed by atoms with Gasteiger partial charge in [-0.3, -0.25) is 20.2 Å². The Morgan fingerprint density at radius 1 is 1.07 bits per heavy atom. The molecule has 1 amide bonds. The first-order chi connectivity index (χ1) is 19.2. The van der Waals surface area contributed by atoms with Gasteiger partial charge in [0, 0.05) is 36.6 Å². The predicted molar refractivity (Wildman–Crippen MR) is 137 cm³/mol. The molecule has 1 saturated heterocycles. The van der Waals surface area contributed by atoms with Crippen LogP contribution in [0.3, 0.4) is 0 Å². The second-order valence-corrected chi connectivity index (χ2v) is 9.72. The van der Waals surface area contributed by atoms with E-state index in [1.807, 2.05) is 12.2 Å². The van der Waals surface area contributed by atoms with Crippen molar-refractivity contribution < 1.29 is 37.3 Å². The van der Waals surface area contributed by atoms with Crippen molar-refractivity contribution in [2.24, 2.45) is 0 Å². The summed E-state index contributed by atoms with van der Waals surface area (Å²) in [5, 5.41) is 1.65. The van der Waals surface area contributed by atoms with Crippen molar-refractivity contribution in [3.8, 4) is 11.1 Å². The average molecular weight is 563 g/mol. The Kier molecular flexibility index (Phi) is 6.55. The molecule has 3 aliphatic rings. The number of alkyl halides is 2. The molecule has 2 aliphatic heterocycles. The molecule has 0 spiro atoms. The first-order valence-corrected chi connectivity index (χ1v) is 12.6. The van der Waals surface area contributed by atoms with Crippen molar-refractivity contribution in [3.05, 3.63) is 82.9 Å². The largest absolute Gasteiger partial charge is 0.494 e. The molecule has 6 rings (SSSR count). The molecule has 12 heteroatoms. The number of rotatable bonds is 4. The van der Waals surface area contributed by atoms with Crippen LogP contribution in [0.4, 0.5) is 32.0 Å². The quantitative estimate of drug-likeness (QED) is 0.325. The second-order valence-electron chi connectivity index (χ2n) is 9.72. The van der Waals surface area contributed by atoms with Crippen molar-refractivity contribution in [2.45, 2.75) is 25.2 Å². The Labute approximate surface area is 226 Å². The highest BCUT2D eigenvalue weighted by Crippen LogP contribution is 2.40. The van der Waals surface area contributed by atoms with Crippen molar-refractivity contribution in [3.63, 3.8) is 0 Å². The summed E-state index contributed by atoms with van der Waals surface area (Å²) >= 11 is 0. The van der Waals surface area contributed by atoms with Gasteiger partial charge in [0.2, 0.25) is 0 Å². The molecule has 2 atom stereocenters. The highest BCUT2D eigenvalue weighted by atomic mass is 19.2. The Hall–Kier alpha value is -4.22. The molecule has 0 bridgehead atoms. The molecule has 1 N–H and O–H groups in total. The molecule has 1 aromatic heterocycles. The van der Waals surface area contributed by atoms with Gasteiger partial charge in [-0.15, -0.1) is 0 Å². The number of benzene rings is 2. The van der Waals surface area contributed by atoms with E-state index in [2.05, 4.69) is 10.4 Å². The summed E-state index contributed by atoms with van der Waals surface area (Å²) in [4.78, 5) is 19.1. The number of ether oxygens (including phenoxy) is 1. The molecular weight excluding hydrogens is 538 g/mol. The highest BCUT2D eigenvalue weighted by molar-refractivity contribution is 6.10. The van der Waals surface area contributed by atoms with Crippen LogP contribution >= 0.6 is 0 Å². The Morgan fingerprint density at radius 2 is 1.85 bits per heavy atom. The Balaban J connectivity index is 0.00000337. The number of amides is 1. The van der Waals surface area contributed by atoms with Crippen LogP contribution in [0.5, 0.6) is 0 Å². The fourth-order valence-corrected chi connectivity index (χ4v) is 5.33. The minimum atomic E-state index is -1.85. The van der Waals surface area contributed by atoms with Crippen molar-refractivity contribution >= 4 is 22.5 Å². The number of hydrazine groups is 1. The van der Waals surface area contributed by atoms with E-state index in [1.165, 1.54) is 11.0 Å². The molecule has 3 heterocycles. The van der Waals surface area contributed by atoms with E-state index in [4.69, 9.17) is 4.74 Å². The maximum absolute atomic E-state index is 15.1. The number of pyridine rings is 1. The molecule has 0 unspecified atom stereocenters. The number of hydrogen-bond donors (Lipinski definition) is 1. The molecule has 210 valence electrons. The first-order valence-electron chi connectivity index (χ1n) is 12.6. The number of nitrogens with one attached hydrogen (secondary N) is 1. The van der Waals surface area contributed by atoms with E-state index in [9.17, 15) is 26.7 Å². The lowest BCUT2D eigenvalue weighted by Gasteiger charge is -2.34. The third kappa shape index (κ3) is 4.40. The zero-order valence-electron chi connectivity index (χ0n) is 20.9. The smallest absolute Gasteiger partial charge is 0.273 e. The predicted octanol–water partition coefficient (Wildman–Crippen LogP) is 5.74. The van der Waals surface area contributed by atoms with Crippen molar-refractivity contribution in [2.75, 3.05) is 31.1 Å². The fourth-order valence-electron chi connectivity index (χ4n) is 5.33. The lowest BCUT2D eigenvalue weighted by Crippen LogP contribution is -2.46. The monoisotopic (exact) mass is 562 g/mol. The van der Waals surface area contributed by atoms with Gasteiger partial charge in [0.25, 0.3) is 5.91 Å². The van der Waals surface area contributed by atoms with Gasteiger partial charge in [-0.25, -0.2) is 26.3 Å². The van der Waals surface area contributed by atoms with Gasteiger partial charge in [0.15, 0.2) is 24.0 Å². The normalized spacial score (nSPS) is 20.6. The van der Waals surface area contributed by atoms with Crippen LogP contribution < -0.4 is 10.3 Å². The van der Waals surface area contributed by atoms with Gasteiger partial charge in [-0.1, -0.05) is 6.08 Å². The number of nitrogens with zero attached hydrogens (tertiary/aromatic N) is 3. The number of carbonyl (C=O) groups is 1. The van der Waals surface area contributed by atoms with Crippen LogP contribution in [-0.2, 0) is 4.74 Å². The molecule has 6 nitrogen and oxygen atoms in total. The van der Waals surface area contributed by atoms with E-state index < -0.39 is 65.7 Å². The summed E-state index contributed by atoms with van der Waals surface area (Å²) in [6.45, 7) is -0.168. The summed E-state index contributed by atoms with van der Waals surface area (Å²) in [6.07, 6.45) is 2.58. The number of carbonyl (C=O) groups excluding carboxylic acids is 1. The maximum atomic E-state index is 15.1. The maximum Gasteiger partial charge on any atom is 0.273 e. The van der Waals surface area contributed by atoms with Crippen LogP contribution in [-0.4, -0.2) is 54.5 Å².